The standard InChI is InChI=1S/C26H33ClN6O5PS/c1-3-37-13-14-38-25-24(18-28-32(26(25)34)22-6-4-5-21(27)16-22)30-9-11-31(12-10-30)40(36)29-17-20-8-7-19(2)23(15-20)33(35)39/h4-8,15-16,18,29H,3,9-14,17,39H2,1-2H3/q-1. The van der Waals surface area contributed by atoms with Crippen LogP contribution in [-0.2, 0) is 22.5 Å². The van der Waals surface area contributed by atoms with Crippen molar-refractivity contribution in [3.63, 3.8) is 0 Å². The lowest BCUT2D eigenvalue weighted by Crippen LogP contribution is -2.49. The summed E-state index contributed by atoms with van der Waals surface area (Å²) in [5, 5.41) is 16.6. The second kappa shape index (κ2) is 14.4. The first-order valence-electron chi connectivity index (χ1n) is 12.8. The molecule has 2 heterocycles. The molecule has 2 atom stereocenters. The second-order valence-corrected chi connectivity index (χ2v) is 11.2. The first kappa shape index (κ1) is 30.4. The number of hydrogen-bond donors (Lipinski definition) is 1. The summed E-state index contributed by atoms with van der Waals surface area (Å²) >= 11 is 4.70. The van der Waals surface area contributed by atoms with E-state index in [4.69, 9.17) is 21.1 Å². The van der Waals surface area contributed by atoms with Gasteiger partial charge in [-0.1, -0.05) is 39.2 Å². The highest BCUT2D eigenvalue weighted by molar-refractivity contribution is 7.80. The molecule has 4 rings (SSSR count). The molecule has 11 nitrogen and oxygen atoms in total. The highest BCUT2D eigenvalue weighted by Gasteiger charge is 2.26. The topological polar surface area (TPSA) is 115 Å². The van der Waals surface area contributed by atoms with Crippen LogP contribution >= 0.6 is 21.0 Å². The number of ether oxygens (including phenoxy) is 2. The number of aromatic nitrogens is 2. The van der Waals surface area contributed by atoms with Gasteiger partial charge in [-0.25, -0.2) is 13.2 Å². The molecule has 1 aromatic heterocycles. The van der Waals surface area contributed by atoms with Crippen LogP contribution in [0.15, 0.2) is 53.5 Å². The van der Waals surface area contributed by atoms with Gasteiger partial charge in [-0.2, -0.15) is 9.78 Å². The molecule has 0 aliphatic carbocycles. The Labute approximate surface area is 243 Å². The molecule has 0 spiro atoms. The van der Waals surface area contributed by atoms with Gasteiger partial charge in [0, 0.05) is 50.0 Å². The van der Waals surface area contributed by atoms with Crippen molar-refractivity contribution in [1.82, 2.24) is 18.8 Å². The third-order valence-corrected chi connectivity index (χ3v) is 8.11. The molecule has 1 aliphatic heterocycles. The van der Waals surface area contributed by atoms with Crippen LogP contribution < -0.4 is 24.8 Å². The maximum absolute atomic E-state index is 13.5. The molecule has 1 aliphatic rings. The van der Waals surface area contributed by atoms with E-state index >= 15 is 0 Å². The van der Waals surface area contributed by atoms with Crippen molar-refractivity contribution in [1.29, 1.82) is 0 Å². The number of rotatable bonds is 12. The molecular formula is C26H33ClN6O5PS-. The van der Waals surface area contributed by atoms with Crippen molar-refractivity contribution in [2.24, 2.45) is 0 Å². The lowest BCUT2D eigenvalue weighted by atomic mass is 10.1. The fraction of sp³-hybridized carbons (Fsp3) is 0.385. The number of piperazine rings is 1. The van der Waals surface area contributed by atoms with Crippen LogP contribution in [0.1, 0.15) is 18.1 Å². The predicted molar refractivity (Wildman–Crippen MR) is 162 cm³/mol. The molecule has 2 aromatic carbocycles. The molecule has 216 valence electrons. The molecule has 1 saturated heterocycles. The number of anilines is 2. The van der Waals surface area contributed by atoms with E-state index in [2.05, 4.69) is 19.2 Å². The lowest BCUT2D eigenvalue weighted by molar-refractivity contribution is 0.109. The number of benzene rings is 2. The molecule has 0 amide bonds. The summed E-state index contributed by atoms with van der Waals surface area (Å²) in [6, 6.07) is 12.4. The largest absolute Gasteiger partial charge is 0.755 e. The van der Waals surface area contributed by atoms with E-state index in [1.807, 2.05) is 35.2 Å². The Morgan fingerprint density at radius 3 is 2.65 bits per heavy atom. The van der Waals surface area contributed by atoms with Gasteiger partial charge in [0.05, 0.1) is 18.5 Å². The first-order chi connectivity index (χ1) is 19.3. The second-order valence-electron chi connectivity index (χ2n) is 9.03. The summed E-state index contributed by atoms with van der Waals surface area (Å²) in [4.78, 5) is 16.2. The van der Waals surface area contributed by atoms with Crippen molar-refractivity contribution in [3.8, 4) is 11.4 Å². The molecule has 3 aromatic rings. The van der Waals surface area contributed by atoms with Gasteiger partial charge in [-0.05, 0) is 49.2 Å². The van der Waals surface area contributed by atoms with Crippen molar-refractivity contribution in [2.75, 3.05) is 55.7 Å². The minimum atomic E-state index is -1.43. The fourth-order valence-electron chi connectivity index (χ4n) is 4.26. The number of hydrogen-bond acceptors (Lipinski definition) is 8. The third-order valence-electron chi connectivity index (χ3n) is 6.37. The van der Waals surface area contributed by atoms with Gasteiger partial charge in [0.1, 0.15) is 12.3 Å². The monoisotopic (exact) mass is 607 g/mol. The Kier molecular flexibility index (Phi) is 10.9. The molecule has 14 heteroatoms. The molecule has 2 unspecified atom stereocenters. The molecular weight excluding hydrogens is 575 g/mol. The minimum absolute atomic E-state index is 0.180. The number of aryl methyl sites for hydroxylation is 1. The number of nitrogens with zero attached hydrogens (tertiary/aromatic N) is 5. The predicted octanol–water partition coefficient (Wildman–Crippen LogP) is 3.19. The first-order valence-corrected chi connectivity index (χ1v) is 14.8. The number of halogens is 1. The summed E-state index contributed by atoms with van der Waals surface area (Å²) in [7, 11) is 2.11. The Hall–Kier alpha value is -2.57. The highest BCUT2D eigenvalue weighted by Crippen LogP contribution is 2.27. The quantitative estimate of drug-likeness (QED) is 0.190. The number of nitrogens with one attached hydrogen (secondary N) is 1. The normalized spacial score (nSPS) is 14.8. The van der Waals surface area contributed by atoms with Crippen molar-refractivity contribution < 1.29 is 13.7 Å². The lowest BCUT2D eigenvalue weighted by Gasteiger charge is -2.35. The summed E-state index contributed by atoms with van der Waals surface area (Å²) in [6.45, 7) is 7.24. The van der Waals surface area contributed by atoms with E-state index in [0.29, 0.717) is 68.0 Å². The van der Waals surface area contributed by atoms with Gasteiger partial charge >= 0.3 is 5.56 Å². The average molecular weight is 608 g/mol. The molecule has 0 bridgehead atoms. The van der Waals surface area contributed by atoms with E-state index in [-0.39, 0.29) is 12.4 Å². The van der Waals surface area contributed by atoms with E-state index < -0.39 is 16.7 Å². The van der Waals surface area contributed by atoms with E-state index in [0.717, 1.165) is 16.0 Å². The average Bonchev–Trinajstić information content (AvgIpc) is 2.95. The Morgan fingerprint density at radius 1 is 1.18 bits per heavy atom. The highest BCUT2D eigenvalue weighted by atomic mass is 35.5. The Bertz CT molecular complexity index is 1390. The van der Waals surface area contributed by atoms with Crippen molar-refractivity contribution >= 4 is 43.5 Å². The van der Waals surface area contributed by atoms with Crippen LogP contribution in [0.2, 0.25) is 5.02 Å². The van der Waals surface area contributed by atoms with Crippen LogP contribution in [0.25, 0.3) is 5.69 Å². The molecule has 40 heavy (non-hydrogen) atoms. The van der Waals surface area contributed by atoms with Gasteiger partial charge in [0.2, 0.25) is 5.75 Å². The molecule has 0 saturated carbocycles. The van der Waals surface area contributed by atoms with Crippen LogP contribution in [0.3, 0.4) is 0 Å². The van der Waals surface area contributed by atoms with Crippen LogP contribution in [0.4, 0.5) is 11.4 Å². The van der Waals surface area contributed by atoms with Gasteiger partial charge in [0.15, 0.2) is 11.2 Å². The maximum atomic E-state index is 13.5. The van der Waals surface area contributed by atoms with Crippen LogP contribution in [0, 0.1) is 12.1 Å². The van der Waals surface area contributed by atoms with Crippen molar-refractivity contribution in [3.05, 3.63) is 80.4 Å². The van der Waals surface area contributed by atoms with Crippen molar-refractivity contribution in [2.45, 2.75) is 20.4 Å². The third kappa shape index (κ3) is 7.58. The molecule has 1 N–H and O–H groups in total. The SMILES string of the molecule is CCOCCOc1c(N2CCN(S(=O)NCc3ccc(C)c(N([O-])P)c3)CC2)cnn(-c2cccc(Cl)c2)c1=O. The van der Waals surface area contributed by atoms with Crippen LogP contribution in [-0.4, -0.2) is 64.3 Å². The molecule has 0 radical (unpaired) electrons. The van der Waals surface area contributed by atoms with Gasteiger partial charge in [-0.3, -0.25) is 4.79 Å². The summed E-state index contributed by atoms with van der Waals surface area (Å²) in [6.07, 6.45) is 1.61. The van der Waals surface area contributed by atoms with Crippen LogP contribution in [0.5, 0.6) is 5.75 Å². The summed E-state index contributed by atoms with van der Waals surface area (Å²) in [5.41, 5.74) is 2.98. The maximum Gasteiger partial charge on any atom is 0.316 e. The zero-order valence-corrected chi connectivity index (χ0v) is 25.1. The minimum Gasteiger partial charge on any atom is -0.755 e. The van der Waals surface area contributed by atoms with Gasteiger partial charge in [-0.15, -0.1) is 0 Å². The Morgan fingerprint density at radius 2 is 1.95 bits per heavy atom. The Balaban J connectivity index is 1.44. The van der Waals surface area contributed by atoms with E-state index in [1.54, 1.807) is 36.5 Å². The summed E-state index contributed by atoms with van der Waals surface area (Å²) < 4.78 is 30.4. The fourth-order valence-corrected chi connectivity index (χ4v) is 5.69. The van der Waals surface area contributed by atoms with E-state index in [9.17, 15) is 14.2 Å². The van der Waals surface area contributed by atoms with Gasteiger partial charge < -0.3 is 24.4 Å². The summed E-state index contributed by atoms with van der Waals surface area (Å²) in [5.74, 6) is 0.180. The zero-order chi connectivity index (χ0) is 28.6. The molecule has 1 fully saturated rings. The smallest absolute Gasteiger partial charge is 0.316 e. The zero-order valence-electron chi connectivity index (χ0n) is 22.4. The van der Waals surface area contributed by atoms with Gasteiger partial charge in [0.25, 0.3) is 0 Å². The van der Waals surface area contributed by atoms with E-state index in [1.165, 1.54) is 4.68 Å².